The summed E-state index contributed by atoms with van der Waals surface area (Å²) in [7, 11) is 0. The highest BCUT2D eigenvalue weighted by atomic mass is 16.2. The van der Waals surface area contributed by atoms with Crippen molar-refractivity contribution in [1.29, 1.82) is 0 Å². The average molecular weight is 311 g/mol. The van der Waals surface area contributed by atoms with Crippen LogP contribution in [0, 0.1) is 6.92 Å². The Morgan fingerprint density at radius 3 is 2.52 bits per heavy atom. The van der Waals surface area contributed by atoms with Crippen molar-refractivity contribution in [1.82, 2.24) is 24.5 Å². The lowest BCUT2D eigenvalue weighted by molar-refractivity contribution is -0.0229. The molecule has 1 aromatic carbocycles. The summed E-state index contributed by atoms with van der Waals surface area (Å²) >= 11 is 0. The Morgan fingerprint density at radius 2 is 1.83 bits per heavy atom. The molecule has 2 aliphatic heterocycles. The van der Waals surface area contributed by atoms with E-state index in [9.17, 15) is 4.79 Å². The van der Waals surface area contributed by atoms with Crippen molar-refractivity contribution in [2.75, 3.05) is 26.2 Å². The first-order valence-corrected chi connectivity index (χ1v) is 8.08. The van der Waals surface area contributed by atoms with Crippen LogP contribution in [-0.2, 0) is 13.1 Å². The fourth-order valence-corrected chi connectivity index (χ4v) is 3.40. The van der Waals surface area contributed by atoms with Gasteiger partial charge in [0.05, 0.1) is 18.4 Å². The minimum atomic E-state index is 0.0338. The van der Waals surface area contributed by atoms with Crippen LogP contribution in [0.3, 0.4) is 0 Å². The van der Waals surface area contributed by atoms with Crippen molar-refractivity contribution >= 4 is 6.03 Å². The third kappa shape index (κ3) is 2.64. The number of hydrogen-bond acceptors (Lipinski definition) is 4. The van der Waals surface area contributed by atoms with Gasteiger partial charge < -0.3 is 0 Å². The lowest BCUT2D eigenvalue weighted by Gasteiger charge is -2.38. The molecule has 0 bridgehead atoms. The number of hydrogen-bond donors (Lipinski definition) is 0. The smallest absolute Gasteiger partial charge is 0.296 e. The summed E-state index contributed by atoms with van der Waals surface area (Å²) in [4.78, 5) is 19.2. The van der Waals surface area contributed by atoms with E-state index in [4.69, 9.17) is 0 Å². The van der Waals surface area contributed by atoms with Gasteiger partial charge in [0.1, 0.15) is 5.82 Å². The predicted octanol–water partition coefficient (Wildman–Crippen LogP) is 1.71. The van der Waals surface area contributed by atoms with E-state index >= 15 is 0 Å². The monoisotopic (exact) mass is 311 g/mol. The van der Waals surface area contributed by atoms with Crippen LogP contribution in [-0.4, -0.2) is 56.7 Å². The highest BCUT2D eigenvalue weighted by molar-refractivity contribution is 5.80. The van der Waals surface area contributed by atoms with Crippen molar-refractivity contribution in [3.8, 4) is 0 Å². The number of piperazine rings is 1. The number of fused-ring (bicyclic) bond motifs is 1. The zero-order valence-corrected chi connectivity index (χ0v) is 13.4. The minimum absolute atomic E-state index is 0.0338. The van der Waals surface area contributed by atoms with Crippen molar-refractivity contribution in [2.24, 2.45) is 0 Å². The Hall–Kier alpha value is -2.18. The molecular weight excluding hydrogens is 290 g/mol. The van der Waals surface area contributed by atoms with Gasteiger partial charge in [0.25, 0.3) is 0 Å². The molecule has 1 amide bonds. The zero-order chi connectivity index (χ0) is 15.8. The number of carbonyl (C=O) groups is 1. The second-order valence-corrected chi connectivity index (χ2v) is 6.19. The van der Waals surface area contributed by atoms with Crippen molar-refractivity contribution in [3.63, 3.8) is 0 Å². The molecule has 0 radical (unpaired) electrons. The first-order chi connectivity index (χ1) is 11.2. The lowest BCUT2D eigenvalue weighted by atomic mass is 10.2. The summed E-state index contributed by atoms with van der Waals surface area (Å²) < 4.78 is 1.72. The van der Waals surface area contributed by atoms with Gasteiger partial charge in [-0.15, -0.1) is 0 Å². The predicted molar refractivity (Wildman–Crippen MR) is 86.6 cm³/mol. The number of imidazole rings is 1. The molecule has 1 fully saturated rings. The van der Waals surface area contributed by atoms with Gasteiger partial charge in [0.15, 0.2) is 0 Å². The van der Waals surface area contributed by atoms with E-state index in [1.807, 2.05) is 18.0 Å². The van der Waals surface area contributed by atoms with Crippen LogP contribution in [0.15, 0.2) is 36.5 Å². The SMILES string of the molecule is Cc1ncc2n1C(=O)N(N1CCN(Cc3ccccc3)CC1)C2. The normalized spacial score (nSPS) is 19.3. The van der Waals surface area contributed by atoms with Crippen LogP contribution >= 0.6 is 0 Å². The van der Waals surface area contributed by atoms with E-state index in [0.29, 0.717) is 6.54 Å². The van der Waals surface area contributed by atoms with Crippen LogP contribution < -0.4 is 0 Å². The quantitative estimate of drug-likeness (QED) is 0.865. The molecule has 120 valence electrons. The summed E-state index contributed by atoms with van der Waals surface area (Å²) in [6.45, 7) is 7.22. The molecule has 0 N–H and O–H groups in total. The highest BCUT2D eigenvalue weighted by Crippen LogP contribution is 2.21. The van der Waals surface area contributed by atoms with Gasteiger partial charge in [-0.3, -0.25) is 9.91 Å². The molecular formula is C17H21N5O. The van der Waals surface area contributed by atoms with E-state index in [-0.39, 0.29) is 6.03 Å². The number of aryl methyl sites for hydroxylation is 1. The Kier molecular flexibility index (Phi) is 3.63. The van der Waals surface area contributed by atoms with Crippen molar-refractivity contribution in [2.45, 2.75) is 20.0 Å². The molecule has 2 aliphatic rings. The number of aromatic nitrogens is 2. The van der Waals surface area contributed by atoms with E-state index in [0.717, 1.165) is 44.2 Å². The third-order valence-corrected chi connectivity index (χ3v) is 4.67. The fraction of sp³-hybridized carbons (Fsp3) is 0.412. The second kappa shape index (κ2) is 5.79. The zero-order valence-electron chi connectivity index (χ0n) is 13.4. The number of rotatable bonds is 3. The van der Waals surface area contributed by atoms with Gasteiger partial charge in [0, 0.05) is 32.7 Å². The number of amides is 1. The summed E-state index contributed by atoms with van der Waals surface area (Å²) in [6.07, 6.45) is 1.80. The molecule has 0 spiro atoms. The number of benzene rings is 1. The Bertz CT molecular complexity index is 703. The van der Waals surface area contributed by atoms with Crippen LogP contribution in [0.25, 0.3) is 0 Å². The summed E-state index contributed by atoms with van der Waals surface area (Å²) in [6, 6.07) is 10.6. The van der Waals surface area contributed by atoms with Gasteiger partial charge in [-0.1, -0.05) is 30.3 Å². The molecule has 3 heterocycles. The van der Waals surface area contributed by atoms with Gasteiger partial charge in [-0.25, -0.2) is 19.4 Å². The van der Waals surface area contributed by atoms with Crippen LogP contribution in [0.4, 0.5) is 4.79 Å². The number of nitrogens with zero attached hydrogens (tertiary/aromatic N) is 5. The first kappa shape index (κ1) is 14.4. The number of carbonyl (C=O) groups excluding carboxylic acids is 1. The Morgan fingerprint density at radius 1 is 1.09 bits per heavy atom. The maximum Gasteiger partial charge on any atom is 0.344 e. The topological polar surface area (TPSA) is 44.6 Å². The van der Waals surface area contributed by atoms with E-state index in [1.54, 1.807) is 10.8 Å². The standard InChI is InChI=1S/C17H21N5O/c1-14-18-11-16-13-21(17(23)22(14)16)20-9-7-19(8-10-20)12-15-5-3-2-4-6-15/h2-6,11H,7-10,12-13H2,1H3. The summed E-state index contributed by atoms with van der Waals surface area (Å²) in [5, 5.41) is 4.04. The van der Waals surface area contributed by atoms with Crippen molar-refractivity contribution < 1.29 is 4.79 Å². The van der Waals surface area contributed by atoms with Crippen LogP contribution in [0.1, 0.15) is 17.1 Å². The molecule has 1 aromatic heterocycles. The molecule has 1 saturated heterocycles. The van der Waals surface area contributed by atoms with Gasteiger partial charge >= 0.3 is 6.03 Å². The van der Waals surface area contributed by atoms with Gasteiger partial charge in [-0.2, -0.15) is 0 Å². The second-order valence-electron chi connectivity index (χ2n) is 6.19. The maximum absolute atomic E-state index is 12.5. The minimum Gasteiger partial charge on any atom is -0.296 e. The third-order valence-electron chi connectivity index (χ3n) is 4.67. The average Bonchev–Trinajstić information content (AvgIpc) is 3.10. The molecule has 23 heavy (non-hydrogen) atoms. The molecule has 0 unspecified atom stereocenters. The van der Waals surface area contributed by atoms with Crippen molar-refractivity contribution in [3.05, 3.63) is 53.6 Å². The molecule has 6 heteroatoms. The Balaban J connectivity index is 1.36. The number of hydrazine groups is 1. The highest BCUT2D eigenvalue weighted by Gasteiger charge is 2.34. The van der Waals surface area contributed by atoms with Gasteiger partial charge in [-0.05, 0) is 12.5 Å². The first-order valence-electron chi connectivity index (χ1n) is 8.08. The summed E-state index contributed by atoms with van der Waals surface area (Å²) in [5.74, 6) is 0.773. The maximum atomic E-state index is 12.5. The molecule has 4 rings (SSSR count). The summed E-state index contributed by atoms with van der Waals surface area (Å²) in [5.41, 5.74) is 2.33. The van der Waals surface area contributed by atoms with Crippen LogP contribution in [0.5, 0.6) is 0 Å². The van der Waals surface area contributed by atoms with Crippen LogP contribution in [0.2, 0.25) is 0 Å². The van der Waals surface area contributed by atoms with E-state index in [1.165, 1.54) is 5.56 Å². The lowest BCUT2D eigenvalue weighted by Crippen LogP contribution is -2.53. The fourth-order valence-electron chi connectivity index (χ4n) is 3.40. The Labute approximate surface area is 135 Å². The molecule has 0 aliphatic carbocycles. The van der Waals surface area contributed by atoms with E-state index < -0.39 is 0 Å². The molecule has 0 saturated carbocycles. The van der Waals surface area contributed by atoms with E-state index in [2.05, 4.69) is 39.2 Å². The molecule has 0 atom stereocenters. The molecule has 2 aromatic rings. The largest absolute Gasteiger partial charge is 0.344 e. The molecule has 6 nitrogen and oxygen atoms in total. The van der Waals surface area contributed by atoms with Gasteiger partial charge in [0.2, 0.25) is 0 Å².